The summed E-state index contributed by atoms with van der Waals surface area (Å²) in [6, 6.07) is 7.37. The van der Waals surface area contributed by atoms with Gasteiger partial charge in [-0.2, -0.15) is 0 Å². The van der Waals surface area contributed by atoms with Crippen LogP contribution in [-0.4, -0.2) is 40.9 Å². The van der Waals surface area contributed by atoms with Gasteiger partial charge in [0.2, 0.25) is 11.8 Å². The van der Waals surface area contributed by atoms with Crippen molar-refractivity contribution < 1.29 is 19.5 Å². The second kappa shape index (κ2) is 8.81. The molecule has 1 aromatic rings. The molecule has 2 N–H and O–H groups in total. The molecule has 6 heteroatoms. The zero-order valence-electron chi connectivity index (χ0n) is 12.9. The maximum absolute atomic E-state index is 11.9. The second-order valence-corrected chi connectivity index (χ2v) is 4.82. The van der Waals surface area contributed by atoms with E-state index in [0.29, 0.717) is 18.7 Å². The average molecular weight is 306 g/mol. The second-order valence-electron chi connectivity index (χ2n) is 4.82. The molecular formula is C16H22N2O4. The predicted molar refractivity (Wildman–Crippen MR) is 82.1 cm³/mol. The Morgan fingerprint density at radius 1 is 1.09 bits per heavy atom. The molecule has 0 aromatic heterocycles. The lowest BCUT2D eigenvalue weighted by Gasteiger charge is -2.19. The molecule has 0 fully saturated rings. The van der Waals surface area contributed by atoms with Gasteiger partial charge in [-0.25, -0.2) is 4.79 Å². The molecule has 22 heavy (non-hydrogen) atoms. The molecule has 0 aliphatic rings. The van der Waals surface area contributed by atoms with Crippen molar-refractivity contribution >= 4 is 17.8 Å². The Balaban J connectivity index is 2.59. The van der Waals surface area contributed by atoms with E-state index in [1.54, 1.807) is 35.2 Å². The summed E-state index contributed by atoms with van der Waals surface area (Å²) >= 11 is 0. The highest BCUT2D eigenvalue weighted by Crippen LogP contribution is 2.13. The largest absolute Gasteiger partial charge is 0.479 e. The maximum atomic E-state index is 11.9. The Bertz CT molecular complexity index is 512. The van der Waals surface area contributed by atoms with Gasteiger partial charge in [-0.3, -0.25) is 9.59 Å². The molecule has 0 saturated heterocycles. The van der Waals surface area contributed by atoms with Gasteiger partial charge in [-0.15, -0.1) is 0 Å². The summed E-state index contributed by atoms with van der Waals surface area (Å²) in [4.78, 5) is 36.6. The number of hydrogen-bond acceptors (Lipinski definition) is 3. The fourth-order valence-corrected chi connectivity index (χ4v) is 2.12. The lowest BCUT2D eigenvalue weighted by Crippen LogP contribution is -2.35. The van der Waals surface area contributed by atoms with Gasteiger partial charge in [0.15, 0.2) is 6.04 Å². The van der Waals surface area contributed by atoms with E-state index >= 15 is 0 Å². The van der Waals surface area contributed by atoms with Crippen LogP contribution < -0.4 is 5.32 Å². The summed E-state index contributed by atoms with van der Waals surface area (Å²) in [5, 5.41) is 11.7. The van der Waals surface area contributed by atoms with E-state index in [1.165, 1.54) is 0 Å². The minimum atomic E-state index is -1.13. The summed E-state index contributed by atoms with van der Waals surface area (Å²) in [6.45, 7) is 4.94. The Kier molecular flexibility index (Phi) is 7.08. The van der Waals surface area contributed by atoms with Crippen LogP contribution in [0.1, 0.15) is 38.3 Å². The third-order valence-corrected chi connectivity index (χ3v) is 3.37. The molecule has 2 amide bonds. The van der Waals surface area contributed by atoms with Crippen molar-refractivity contribution in [1.29, 1.82) is 0 Å². The van der Waals surface area contributed by atoms with E-state index in [9.17, 15) is 19.5 Å². The first kappa shape index (κ1) is 17.7. The zero-order valence-corrected chi connectivity index (χ0v) is 12.9. The summed E-state index contributed by atoms with van der Waals surface area (Å²) in [7, 11) is 0. The predicted octanol–water partition coefficient (Wildman–Crippen LogP) is 1.58. The van der Waals surface area contributed by atoms with Crippen LogP contribution in [0, 0.1) is 0 Å². The number of rotatable bonds is 8. The van der Waals surface area contributed by atoms with Crippen LogP contribution in [0.4, 0.5) is 0 Å². The van der Waals surface area contributed by atoms with Crippen LogP contribution in [0.15, 0.2) is 30.3 Å². The molecule has 1 atom stereocenters. The molecular weight excluding hydrogens is 284 g/mol. The summed E-state index contributed by atoms with van der Waals surface area (Å²) in [5.74, 6) is -1.68. The van der Waals surface area contributed by atoms with Gasteiger partial charge in [0.1, 0.15) is 0 Å². The molecule has 120 valence electrons. The molecule has 0 unspecified atom stereocenters. The summed E-state index contributed by atoms with van der Waals surface area (Å²) in [6.07, 6.45) is 0.0561. The third-order valence-electron chi connectivity index (χ3n) is 3.37. The molecule has 0 saturated carbocycles. The smallest absolute Gasteiger partial charge is 0.330 e. The van der Waals surface area contributed by atoms with Crippen LogP contribution in [0.25, 0.3) is 0 Å². The first-order valence-corrected chi connectivity index (χ1v) is 7.34. The molecule has 0 aliphatic carbocycles. The molecule has 0 heterocycles. The minimum absolute atomic E-state index is 0.0219. The van der Waals surface area contributed by atoms with Crippen LogP contribution in [-0.2, 0) is 14.4 Å². The Hall–Kier alpha value is -2.37. The van der Waals surface area contributed by atoms with Crippen LogP contribution in [0.3, 0.4) is 0 Å². The number of carboxylic acid groups (broad SMARTS) is 1. The maximum Gasteiger partial charge on any atom is 0.330 e. The van der Waals surface area contributed by atoms with Gasteiger partial charge >= 0.3 is 5.97 Å². The highest BCUT2D eigenvalue weighted by Gasteiger charge is 2.22. The number of carbonyl (C=O) groups excluding carboxylic acids is 2. The van der Waals surface area contributed by atoms with E-state index in [-0.39, 0.29) is 18.7 Å². The minimum Gasteiger partial charge on any atom is -0.479 e. The van der Waals surface area contributed by atoms with Gasteiger partial charge < -0.3 is 15.3 Å². The number of aliphatic carboxylic acids is 1. The van der Waals surface area contributed by atoms with E-state index < -0.39 is 17.9 Å². The number of hydrogen-bond donors (Lipinski definition) is 2. The van der Waals surface area contributed by atoms with Crippen molar-refractivity contribution in [3.63, 3.8) is 0 Å². The van der Waals surface area contributed by atoms with E-state index in [1.807, 2.05) is 13.8 Å². The van der Waals surface area contributed by atoms with Gasteiger partial charge in [0, 0.05) is 25.9 Å². The first-order chi connectivity index (χ1) is 10.5. The summed E-state index contributed by atoms with van der Waals surface area (Å²) < 4.78 is 0. The number of benzene rings is 1. The topological polar surface area (TPSA) is 86.7 Å². The number of nitrogens with one attached hydrogen (secondary N) is 1. The van der Waals surface area contributed by atoms with E-state index in [0.717, 1.165) is 0 Å². The highest BCUT2D eigenvalue weighted by atomic mass is 16.4. The van der Waals surface area contributed by atoms with Crippen LogP contribution in [0.5, 0.6) is 0 Å². The van der Waals surface area contributed by atoms with Crippen LogP contribution in [0.2, 0.25) is 0 Å². The highest BCUT2D eigenvalue weighted by molar-refractivity contribution is 5.87. The normalized spacial score (nSPS) is 11.5. The van der Waals surface area contributed by atoms with Crippen molar-refractivity contribution in [3.05, 3.63) is 35.9 Å². The number of amides is 2. The van der Waals surface area contributed by atoms with Gasteiger partial charge in [-0.1, -0.05) is 30.3 Å². The third kappa shape index (κ3) is 5.20. The monoisotopic (exact) mass is 306 g/mol. The van der Waals surface area contributed by atoms with Gasteiger partial charge in [-0.05, 0) is 19.4 Å². The number of carboxylic acids is 1. The van der Waals surface area contributed by atoms with Gasteiger partial charge in [0.05, 0.1) is 0 Å². The molecule has 6 nitrogen and oxygen atoms in total. The lowest BCUT2D eigenvalue weighted by atomic mass is 10.1. The average Bonchev–Trinajstić information content (AvgIpc) is 2.52. The number of nitrogens with zero attached hydrogens (tertiary/aromatic N) is 1. The molecule has 1 rings (SSSR count). The quantitative estimate of drug-likeness (QED) is 0.763. The molecule has 1 aromatic carbocycles. The van der Waals surface area contributed by atoms with Crippen LogP contribution >= 0.6 is 0 Å². The standard InChI is InChI=1S/C16H22N2O4/c1-3-18(4-2)14(20)11-10-13(19)17-15(16(21)22)12-8-6-5-7-9-12/h5-9,15H,3-4,10-11H2,1-2H3,(H,17,19)(H,21,22)/t15-/m1/s1. The number of carbonyl (C=O) groups is 3. The Morgan fingerprint density at radius 3 is 2.18 bits per heavy atom. The molecule has 0 spiro atoms. The SMILES string of the molecule is CCN(CC)C(=O)CCC(=O)N[C@@H](C(=O)O)c1ccccc1. The van der Waals surface area contributed by atoms with Crippen molar-refractivity contribution in [1.82, 2.24) is 10.2 Å². The fraction of sp³-hybridized carbons (Fsp3) is 0.438. The first-order valence-electron chi connectivity index (χ1n) is 7.34. The Morgan fingerprint density at radius 2 is 1.68 bits per heavy atom. The summed E-state index contributed by atoms with van der Waals surface area (Å²) in [5.41, 5.74) is 0.499. The van der Waals surface area contributed by atoms with Crippen molar-refractivity contribution in [2.75, 3.05) is 13.1 Å². The van der Waals surface area contributed by atoms with Gasteiger partial charge in [0.25, 0.3) is 0 Å². The van der Waals surface area contributed by atoms with Crippen molar-refractivity contribution in [3.8, 4) is 0 Å². The van der Waals surface area contributed by atoms with E-state index in [4.69, 9.17) is 0 Å². The molecule has 0 radical (unpaired) electrons. The fourth-order valence-electron chi connectivity index (χ4n) is 2.12. The molecule has 0 bridgehead atoms. The zero-order chi connectivity index (χ0) is 16.5. The molecule has 0 aliphatic heterocycles. The van der Waals surface area contributed by atoms with E-state index in [2.05, 4.69) is 5.32 Å². The Labute approximate surface area is 130 Å². The lowest BCUT2D eigenvalue weighted by molar-refractivity contribution is -0.142. The van der Waals surface area contributed by atoms with Crippen molar-refractivity contribution in [2.45, 2.75) is 32.7 Å². The van der Waals surface area contributed by atoms with Crippen molar-refractivity contribution in [2.24, 2.45) is 0 Å².